The Labute approximate surface area is 116 Å². The summed E-state index contributed by atoms with van der Waals surface area (Å²) >= 11 is 0. The van der Waals surface area contributed by atoms with E-state index in [4.69, 9.17) is 5.73 Å². The third-order valence-electron chi connectivity index (χ3n) is 4.54. The zero-order valence-corrected chi connectivity index (χ0v) is 12.2. The molecule has 1 fully saturated rings. The Hall–Kier alpha value is -0.900. The summed E-state index contributed by atoms with van der Waals surface area (Å²) in [4.78, 5) is 0. The summed E-state index contributed by atoms with van der Waals surface area (Å²) in [6, 6.07) is 0.647. The van der Waals surface area contributed by atoms with E-state index in [1.807, 2.05) is 6.33 Å². The Morgan fingerprint density at radius 1 is 1.32 bits per heavy atom. The Morgan fingerprint density at radius 2 is 2.11 bits per heavy atom. The Bertz CT molecular complexity index is 355. The van der Waals surface area contributed by atoms with Crippen molar-refractivity contribution < 1.29 is 0 Å². The zero-order chi connectivity index (χ0) is 13.5. The van der Waals surface area contributed by atoms with Crippen molar-refractivity contribution in [3.63, 3.8) is 0 Å². The lowest BCUT2D eigenvalue weighted by Gasteiger charge is -2.24. The van der Waals surface area contributed by atoms with E-state index in [0.29, 0.717) is 6.04 Å². The molecule has 1 aromatic rings. The molecule has 2 N–H and O–H groups in total. The highest BCUT2D eigenvalue weighted by Crippen LogP contribution is 2.29. The minimum Gasteiger partial charge on any atom is -0.330 e. The average molecular weight is 264 g/mol. The topological polar surface area (TPSA) is 56.7 Å². The largest absolute Gasteiger partial charge is 0.330 e. The van der Waals surface area contributed by atoms with Gasteiger partial charge in [-0.2, -0.15) is 0 Å². The molecule has 1 aliphatic rings. The van der Waals surface area contributed by atoms with Crippen LogP contribution in [0.4, 0.5) is 0 Å². The van der Waals surface area contributed by atoms with E-state index in [1.54, 1.807) is 0 Å². The summed E-state index contributed by atoms with van der Waals surface area (Å²) in [5, 5.41) is 8.47. The van der Waals surface area contributed by atoms with Crippen LogP contribution in [0.5, 0.6) is 0 Å². The molecular formula is C15H28N4. The van der Waals surface area contributed by atoms with Crippen LogP contribution in [0.15, 0.2) is 6.33 Å². The van der Waals surface area contributed by atoms with Crippen LogP contribution in [-0.4, -0.2) is 21.3 Å². The van der Waals surface area contributed by atoms with Gasteiger partial charge in [-0.1, -0.05) is 32.6 Å². The number of hydrogen-bond donors (Lipinski definition) is 1. The summed E-state index contributed by atoms with van der Waals surface area (Å²) in [5.41, 5.74) is 5.67. The maximum Gasteiger partial charge on any atom is 0.133 e. The quantitative estimate of drug-likeness (QED) is 0.823. The van der Waals surface area contributed by atoms with Crippen molar-refractivity contribution >= 4 is 0 Å². The fourth-order valence-electron chi connectivity index (χ4n) is 3.23. The second kappa shape index (κ2) is 7.63. The first-order chi connectivity index (χ1) is 9.35. The van der Waals surface area contributed by atoms with Gasteiger partial charge in [0.15, 0.2) is 0 Å². The van der Waals surface area contributed by atoms with E-state index in [-0.39, 0.29) is 0 Å². The molecule has 2 rings (SSSR count). The normalized spacial score (nSPS) is 18.6. The van der Waals surface area contributed by atoms with Gasteiger partial charge in [-0.15, -0.1) is 10.2 Å². The van der Waals surface area contributed by atoms with Crippen LogP contribution in [-0.2, 0) is 6.42 Å². The minimum absolute atomic E-state index is 0.647. The van der Waals surface area contributed by atoms with Crippen molar-refractivity contribution in [2.45, 2.75) is 70.8 Å². The highest BCUT2D eigenvalue weighted by atomic mass is 15.3. The summed E-state index contributed by atoms with van der Waals surface area (Å²) in [5.74, 6) is 1.92. The minimum atomic E-state index is 0.647. The number of nitrogens with two attached hydrogens (primary N) is 1. The molecule has 1 atom stereocenters. The number of aromatic nitrogens is 3. The fourth-order valence-corrected chi connectivity index (χ4v) is 3.23. The van der Waals surface area contributed by atoms with E-state index in [0.717, 1.165) is 25.3 Å². The van der Waals surface area contributed by atoms with Gasteiger partial charge in [-0.25, -0.2) is 0 Å². The molecule has 1 aliphatic carbocycles. The van der Waals surface area contributed by atoms with Crippen molar-refractivity contribution in [1.82, 2.24) is 14.8 Å². The third kappa shape index (κ3) is 4.03. The lowest BCUT2D eigenvalue weighted by molar-refractivity contribution is 0.340. The molecule has 0 saturated heterocycles. The summed E-state index contributed by atoms with van der Waals surface area (Å²) in [6.07, 6.45) is 13.2. The molecule has 0 amide bonds. The maximum atomic E-state index is 5.67. The molecule has 0 radical (unpaired) electrons. The second-order valence-corrected chi connectivity index (χ2v) is 5.84. The summed E-state index contributed by atoms with van der Waals surface area (Å²) < 4.78 is 2.34. The van der Waals surface area contributed by atoms with Gasteiger partial charge in [-0.05, 0) is 38.1 Å². The van der Waals surface area contributed by atoms with Crippen LogP contribution in [0, 0.1) is 5.92 Å². The first kappa shape index (κ1) is 14.5. The number of hydrogen-bond acceptors (Lipinski definition) is 3. The molecule has 1 aromatic heterocycles. The van der Waals surface area contributed by atoms with E-state index in [2.05, 4.69) is 21.7 Å². The molecule has 1 heterocycles. The highest BCUT2D eigenvalue weighted by Gasteiger charge is 2.18. The van der Waals surface area contributed by atoms with Crippen LogP contribution < -0.4 is 5.73 Å². The fraction of sp³-hybridized carbons (Fsp3) is 0.867. The van der Waals surface area contributed by atoms with Gasteiger partial charge in [0.05, 0.1) is 0 Å². The van der Waals surface area contributed by atoms with Crippen LogP contribution in [0.1, 0.15) is 70.2 Å². The van der Waals surface area contributed by atoms with Gasteiger partial charge < -0.3 is 10.3 Å². The maximum absolute atomic E-state index is 5.67. The monoisotopic (exact) mass is 264 g/mol. The van der Waals surface area contributed by atoms with Crippen LogP contribution in [0.2, 0.25) is 0 Å². The highest BCUT2D eigenvalue weighted by molar-refractivity contribution is 4.91. The van der Waals surface area contributed by atoms with Gasteiger partial charge in [0.1, 0.15) is 12.2 Å². The van der Waals surface area contributed by atoms with Crippen LogP contribution in [0.25, 0.3) is 0 Å². The smallest absolute Gasteiger partial charge is 0.133 e. The van der Waals surface area contributed by atoms with E-state index in [1.165, 1.54) is 50.8 Å². The molecule has 4 heteroatoms. The number of aryl methyl sites for hydroxylation is 1. The summed E-state index contributed by atoms with van der Waals surface area (Å²) in [6.45, 7) is 3.06. The predicted molar refractivity (Wildman–Crippen MR) is 77.9 cm³/mol. The molecule has 0 bridgehead atoms. The SMILES string of the molecule is CCC(CCN)CCc1nncn1C1CCCCC1. The first-order valence-corrected chi connectivity index (χ1v) is 7.93. The second-order valence-electron chi connectivity index (χ2n) is 5.84. The van der Waals surface area contributed by atoms with Crippen molar-refractivity contribution in [2.24, 2.45) is 11.7 Å². The number of rotatable bonds is 7. The van der Waals surface area contributed by atoms with Gasteiger partial charge in [0.25, 0.3) is 0 Å². The molecule has 19 heavy (non-hydrogen) atoms. The molecule has 0 aromatic carbocycles. The van der Waals surface area contributed by atoms with Crippen molar-refractivity contribution in [3.05, 3.63) is 12.2 Å². The lowest BCUT2D eigenvalue weighted by atomic mass is 9.94. The van der Waals surface area contributed by atoms with Gasteiger partial charge >= 0.3 is 0 Å². The van der Waals surface area contributed by atoms with Crippen molar-refractivity contribution in [2.75, 3.05) is 6.54 Å². The lowest BCUT2D eigenvalue weighted by Crippen LogP contribution is -2.16. The Balaban J connectivity index is 1.91. The van der Waals surface area contributed by atoms with E-state index in [9.17, 15) is 0 Å². The number of nitrogens with zero attached hydrogens (tertiary/aromatic N) is 3. The Kier molecular flexibility index (Phi) is 5.83. The molecular weight excluding hydrogens is 236 g/mol. The van der Waals surface area contributed by atoms with E-state index >= 15 is 0 Å². The van der Waals surface area contributed by atoms with E-state index < -0.39 is 0 Å². The summed E-state index contributed by atoms with van der Waals surface area (Å²) in [7, 11) is 0. The molecule has 0 spiro atoms. The van der Waals surface area contributed by atoms with Crippen LogP contribution in [0.3, 0.4) is 0 Å². The third-order valence-corrected chi connectivity index (χ3v) is 4.54. The average Bonchev–Trinajstić information content (AvgIpc) is 2.93. The molecule has 108 valence electrons. The predicted octanol–water partition coefficient (Wildman–Crippen LogP) is 3.09. The van der Waals surface area contributed by atoms with Crippen molar-refractivity contribution in [1.29, 1.82) is 0 Å². The molecule has 4 nitrogen and oxygen atoms in total. The van der Waals surface area contributed by atoms with Crippen molar-refractivity contribution in [3.8, 4) is 0 Å². The molecule has 1 unspecified atom stereocenters. The molecule has 1 saturated carbocycles. The first-order valence-electron chi connectivity index (χ1n) is 7.93. The zero-order valence-electron chi connectivity index (χ0n) is 12.2. The Morgan fingerprint density at radius 3 is 2.79 bits per heavy atom. The molecule has 0 aliphatic heterocycles. The van der Waals surface area contributed by atoms with Crippen LogP contribution >= 0.6 is 0 Å². The van der Waals surface area contributed by atoms with Gasteiger partial charge in [0.2, 0.25) is 0 Å². The standard InChI is InChI=1S/C15H28N4/c1-2-13(10-11-16)8-9-15-18-17-12-19(15)14-6-4-3-5-7-14/h12-14H,2-11,16H2,1H3. The van der Waals surface area contributed by atoms with Gasteiger partial charge in [-0.3, -0.25) is 0 Å². The van der Waals surface area contributed by atoms with Gasteiger partial charge in [0, 0.05) is 12.5 Å².